The quantitative estimate of drug-likeness (QED) is 0.811. The van der Waals surface area contributed by atoms with Gasteiger partial charge in [-0.15, -0.1) is 0 Å². The molecule has 0 saturated carbocycles. The second kappa shape index (κ2) is 6.66. The van der Waals surface area contributed by atoms with E-state index in [9.17, 15) is 0 Å². The molecule has 0 spiro atoms. The Kier molecular flexibility index (Phi) is 4.90. The average molecular weight is 246 g/mol. The van der Waals surface area contributed by atoms with E-state index in [2.05, 4.69) is 29.9 Å². The van der Waals surface area contributed by atoms with Crippen molar-refractivity contribution in [3.05, 3.63) is 42.2 Å². The Bertz CT molecular complexity index is 371. The lowest BCUT2D eigenvalue weighted by atomic mass is 9.87. The number of rotatable bonds is 5. The Morgan fingerprint density at radius 3 is 2.94 bits per heavy atom. The first-order valence-corrected chi connectivity index (χ1v) is 6.63. The number of nitrogens with zero attached hydrogens (tertiary/aromatic N) is 1. The van der Waals surface area contributed by atoms with Crippen LogP contribution in [-0.2, 0) is 4.74 Å². The number of hydrogen-bond acceptors (Lipinski definition) is 3. The molecule has 18 heavy (non-hydrogen) atoms. The van der Waals surface area contributed by atoms with Crippen molar-refractivity contribution in [1.29, 1.82) is 0 Å². The summed E-state index contributed by atoms with van der Waals surface area (Å²) in [4.78, 5) is 4.23. The zero-order chi connectivity index (χ0) is 12.8. The highest BCUT2D eigenvalue weighted by atomic mass is 16.5. The Hall–Kier alpha value is -1.19. The minimum absolute atomic E-state index is 0.360. The SMILES string of the molecule is C=C(C)CN[C@H](c1cccnc1)C1CCOCC1. The molecule has 1 aromatic heterocycles. The maximum Gasteiger partial charge on any atom is 0.0469 e. The summed E-state index contributed by atoms with van der Waals surface area (Å²) in [6, 6.07) is 4.52. The molecule has 98 valence electrons. The van der Waals surface area contributed by atoms with Crippen LogP contribution >= 0.6 is 0 Å². The molecule has 1 N–H and O–H groups in total. The number of ether oxygens (including phenoxy) is 1. The molecular weight excluding hydrogens is 224 g/mol. The molecule has 1 aromatic rings. The number of aromatic nitrogens is 1. The predicted molar refractivity (Wildman–Crippen MR) is 73.3 cm³/mol. The second-order valence-electron chi connectivity index (χ2n) is 5.05. The van der Waals surface area contributed by atoms with Crippen molar-refractivity contribution in [2.24, 2.45) is 5.92 Å². The first kappa shape index (κ1) is 13.2. The van der Waals surface area contributed by atoms with Gasteiger partial charge in [0.2, 0.25) is 0 Å². The van der Waals surface area contributed by atoms with Crippen LogP contribution in [0.1, 0.15) is 31.4 Å². The van der Waals surface area contributed by atoms with Gasteiger partial charge in [0.05, 0.1) is 0 Å². The van der Waals surface area contributed by atoms with Gasteiger partial charge in [0, 0.05) is 38.2 Å². The summed E-state index contributed by atoms with van der Waals surface area (Å²) in [5.74, 6) is 0.627. The third kappa shape index (κ3) is 3.65. The molecule has 1 saturated heterocycles. The summed E-state index contributed by atoms with van der Waals surface area (Å²) in [7, 11) is 0. The summed E-state index contributed by atoms with van der Waals surface area (Å²) in [5.41, 5.74) is 2.43. The molecule has 0 unspecified atom stereocenters. The molecule has 2 heterocycles. The van der Waals surface area contributed by atoms with Crippen LogP contribution in [0.2, 0.25) is 0 Å². The summed E-state index contributed by atoms with van der Waals surface area (Å²) in [5, 5.41) is 3.61. The smallest absolute Gasteiger partial charge is 0.0469 e. The van der Waals surface area contributed by atoms with Crippen molar-refractivity contribution in [2.75, 3.05) is 19.8 Å². The van der Waals surface area contributed by atoms with Crippen molar-refractivity contribution in [3.8, 4) is 0 Å². The number of pyridine rings is 1. The topological polar surface area (TPSA) is 34.2 Å². The van der Waals surface area contributed by atoms with E-state index in [0.717, 1.165) is 38.2 Å². The Labute approximate surface area is 109 Å². The third-order valence-electron chi connectivity index (χ3n) is 3.40. The van der Waals surface area contributed by atoms with E-state index in [1.165, 1.54) is 5.56 Å². The van der Waals surface area contributed by atoms with Gasteiger partial charge in [0.15, 0.2) is 0 Å². The van der Waals surface area contributed by atoms with Crippen molar-refractivity contribution in [1.82, 2.24) is 10.3 Å². The lowest BCUT2D eigenvalue weighted by Gasteiger charge is -2.31. The van der Waals surface area contributed by atoms with Gasteiger partial charge >= 0.3 is 0 Å². The van der Waals surface area contributed by atoms with E-state index in [1.54, 1.807) is 0 Å². The standard InChI is InChI=1S/C15H22N2O/c1-12(2)10-17-15(13-5-8-18-9-6-13)14-4-3-7-16-11-14/h3-4,7,11,13,15,17H,1,5-6,8-10H2,2H3/t15-/m0/s1. The van der Waals surface area contributed by atoms with E-state index < -0.39 is 0 Å². The normalized spacial score (nSPS) is 18.5. The molecule has 0 radical (unpaired) electrons. The number of nitrogens with one attached hydrogen (secondary N) is 1. The van der Waals surface area contributed by atoms with Gasteiger partial charge in [-0.1, -0.05) is 18.2 Å². The molecule has 0 bridgehead atoms. The Morgan fingerprint density at radius 1 is 1.56 bits per heavy atom. The fourth-order valence-electron chi connectivity index (χ4n) is 2.45. The van der Waals surface area contributed by atoms with Crippen LogP contribution in [0, 0.1) is 5.92 Å². The second-order valence-corrected chi connectivity index (χ2v) is 5.05. The molecule has 3 heteroatoms. The van der Waals surface area contributed by atoms with E-state index in [0.29, 0.717) is 12.0 Å². The lowest BCUT2D eigenvalue weighted by molar-refractivity contribution is 0.0539. The van der Waals surface area contributed by atoms with Crippen molar-refractivity contribution in [2.45, 2.75) is 25.8 Å². The van der Waals surface area contributed by atoms with Crippen LogP contribution in [0.5, 0.6) is 0 Å². The molecule has 1 atom stereocenters. The highest BCUT2D eigenvalue weighted by Gasteiger charge is 2.25. The highest BCUT2D eigenvalue weighted by Crippen LogP contribution is 2.29. The van der Waals surface area contributed by atoms with Crippen molar-refractivity contribution < 1.29 is 4.74 Å². The monoisotopic (exact) mass is 246 g/mol. The van der Waals surface area contributed by atoms with Crippen LogP contribution < -0.4 is 5.32 Å². The molecule has 3 nitrogen and oxygen atoms in total. The Morgan fingerprint density at radius 2 is 2.33 bits per heavy atom. The molecule has 0 amide bonds. The minimum atomic E-state index is 0.360. The van der Waals surface area contributed by atoms with Gasteiger partial charge in [0.25, 0.3) is 0 Å². The van der Waals surface area contributed by atoms with Crippen molar-refractivity contribution >= 4 is 0 Å². The maximum atomic E-state index is 5.45. The van der Waals surface area contributed by atoms with Gasteiger partial charge < -0.3 is 10.1 Å². The first-order chi connectivity index (χ1) is 8.77. The fourth-order valence-corrected chi connectivity index (χ4v) is 2.45. The van der Waals surface area contributed by atoms with Gasteiger partial charge in [-0.05, 0) is 37.3 Å². The van der Waals surface area contributed by atoms with Gasteiger partial charge in [0.1, 0.15) is 0 Å². The van der Waals surface area contributed by atoms with E-state index in [1.807, 2.05) is 18.5 Å². The van der Waals surface area contributed by atoms with E-state index in [-0.39, 0.29) is 0 Å². The predicted octanol–water partition coefficient (Wildman–Crippen LogP) is 2.72. The maximum absolute atomic E-state index is 5.45. The average Bonchev–Trinajstić information content (AvgIpc) is 2.41. The lowest BCUT2D eigenvalue weighted by Crippen LogP contribution is -2.33. The summed E-state index contributed by atoms with van der Waals surface area (Å²) in [6.45, 7) is 8.62. The van der Waals surface area contributed by atoms with Crippen LogP contribution in [-0.4, -0.2) is 24.7 Å². The van der Waals surface area contributed by atoms with Gasteiger partial charge in [-0.25, -0.2) is 0 Å². The van der Waals surface area contributed by atoms with Gasteiger partial charge in [-0.2, -0.15) is 0 Å². The van der Waals surface area contributed by atoms with Crippen LogP contribution in [0.15, 0.2) is 36.7 Å². The summed E-state index contributed by atoms with van der Waals surface area (Å²) >= 11 is 0. The van der Waals surface area contributed by atoms with Crippen LogP contribution in [0.25, 0.3) is 0 Å². The molecule has 0 aromatic carbocycles. The minimum Gasteiger partial charge on any atom is -0.381 e. The van der Waals surface area contributed by atoms with E-state index >= 15 is 0 Å². The highest BCUT2D eigenvalue weighted by molar-refractivity contribution is 5.16. The van der Waals surface area contributed by atoms with Crippen LogP contribution in [0.3, 0.4) is 0 Å². The Balaban J connectivity index is 2.08. The van der Waals surface area contributed by atoms with E-state index in [4.69, 9.17) is 4.74 Å². The molecule has 1 aliphatic heterocycles. The zero-order valence-electron chi connectivity index (χ0n) is 11.1. The first-order valence-electron chi connectivity index (χ1n) is 6.63. The third-order valence-corrected chi connectivity index (χ3v) is 3.40. The number of hydrogen-bond donors (Lipinski definition) is 1. The van der Waals surface area contributed by atoms with Gasteiger partial charge in [-0.3, -0.25) is 4.98 Å². The fraction of sp³-hybridized carbons (Fsp3) is 0.533. The molecule has 2 rings (SSSR count). The largest absolute Gasteiger partial charge is 0.381 e. The summed E-state index contributed by atoms with van der Waals surface area (Å²) < 4.78 is 5.45. The van der Waals surface area contributed by atoms with Crippen LogP contribution in [0.4, 0.5) is 0 Å². The molecule has 1 fully saturated rings. The molecule has 1 aliphatic rings. The molecular formula is C15H22N2O. The zero-order valence-corrected chi connectivity index (χ0v) is 11.1. The van der Waals surface area contributed by atoms with Crippen molar-refractivity contribution in [3.63, 3.8) is 0 Å². The molecule has 0 aliphatic carbocycles. The summed E-state index contributed by atoms with van der Waals surface area (Å²) in [6.07, 6.45) is 6.01.